The van der Waals surface area contributed by atoms with Crippen molar-refractivity contribution < 1.29 is 19.1 Å². The van der Waals surface area contributed by atoms with E-state index >= 15 is 0 Å². The van der Waals surface area contributed by atoms with Gasteiger partial charge in [0, 0.05) is 6.04 Å². The highest BCUT2D eigenvalue weighted by molar-refractivity contribution is 5.95. The Bertz CT molecular complexity index is 477. The monoisotopic (exact) mass is 251 g/mol. The first kappa shape index (κ1) is 12.7. The minimum absolute atomic E-state index is 0.0480. The molecule has 2 N–H and O–H groups in total. The molecule has 1 fully saturated rings. The Kier molecular flexibility index (Phi) is 3.41. The van der Waals surface area contributed by atoms with Crippen LogP contribution >= 0.6 is 0 Å². The largest absolute Gasteiger partial charge is 0.481 e. The van der Waals surface area contributed by atoms with Crippen molar-refractivity contribution in [2.45, 2.75) is 39.2 Å². The van der Waals surface area contributed by atoms with Gasteiger partial charge in [0.05, 0.1) is 11.5 Å². The molecule has 18 heavy (non-hydrogen) atoms. The molecule has 0 bridgehead atoms. The second-order valence-corrected chi connectivity index (χ2v) is 4.85. The first-order valence-electron chi connectivity index (χ1n) is 6.08. The molecule has 2 unspecified atom stereocenters. The maximum atomic E-state index is 12.0. The minimum Gasteiger partial charge on any atom is -0.481 e. The van der Waals surface area contributed by atoms with Crippen LogP contribution in [0.1, 0.15) is 41.1 Å². The average Bonchev–Trinajstić information content (AvgIpc) is 2.85. The second-order valence-electron chi connectivity index (χ2n) is 4.85. The van der Waals surface area contributed by atoms with Gasteiger partial charge in [-0.05, 0) is 39.2 Å². The summed E-state index contributed by atoms with van der Waals surface area (Å²) in [6, 6.07) is 1.65. The van der Waals surface area contributed by atoms with Gasteiger partial charge in [-0.15, -0.1) is 0 Å². The van der Waals surface area contributed by atoms with E-state index in [9.17, 15) is 9.59 Å². The molecular weight excluding hydrogens is 234 g/mol. The third-order valence-corrected chi connectivity index (χ3v) is 3.40. The van der Waals surface area contributed by atoms with E-state index in [0.29, 0.717) is 29.9 Å². The number of aliphatic carboxylic acids is 1. The van der Waals surface area contributed by atoms with E-state index in [1.165, 1.54) is 0 Å². The van der Waals surface area contributed by atoms with Crippen LogP contribution in [0.4, 0.5) is 0 Å². The van der Waals surface area contributed by atoms with Gasteiger partial charge in [-0.1, -0.05) is 0 Å². The molecule has 0 aliphatic heterocycles. The van der Waals surface area contributed by atoms with Gasteiger partial charge in [-0.25, -0.2) is 0 Å². The van der Waals surface area contributed by atoms with Crippen molar-refractivity contribution >= 4 is 11.9 Å². The number of nitrogens with one attached hydrogen (secondary N) is 1. The van der Waals surface area contributed by atoms with E-state index in [-0.39, 0.29) is 17.9 Å². The fourth-order valence-corrected chi connectivity index (χ4v) is 2.46. The zero-order valence-corrected chi connectivity index (χ0v) is 10.5. The van der Waals surface area contributed by atoms with Crippen LogP contribution in [-0.2, 0) is 4.79 Å². The van der Waals surface area contributed by atoms with Gasteiger partial charge in [0.15, 0.2) is 0 Å². The lowest BCUT2D eigenvalue weighted by Gasteiger charge is -2.11. The third kappa shape index (κ3) is 2.55. The molecule has 1 aromatic heterocycles. The number of amides is 1. The van der Waals surface area contributed by atoms with E-state index in [4.69, 9.17) is 9.52 Å². The standard InChI is InChI=1S/C13H17NO4/c1-7-5-11(8(2)18-7)12(15)14-10-4-3-9(6-10)13(16)17/h5,9-10H,3-4,6H2,1-2H3,(H,14,15)(H,16,17). The highest BCUT2D eigenvalue weighted by atomic mass is 16.4. The maximum absolute atomic E-state index is 12.0. The van der Waals surface area contributed by atoms with Crippen LogP contribution in [0.5, 0.6) is 0 Å². The van der Waals surface area contributed by atoms with Crippen molar-refractivity contribution in [3.05, 3.63) is 23.2 Å². The molecule has 1 heterocycles. The molecule has 2 atom stereocenters. The summed E-state index contributed by atoms with van der Waals surface area (Å²) in [5.74, 6) is 0.00947. The predicted octanol–water partition coefficient (Wildman–Crippen LogP) is 1.88. The lowest BCUT2D eigenvalue weighted by Crippen LogP contribution is -2.33. The SMILES string of the molecule is Cc1cc(C(=O)NC2CCC(C(=O)O)C2)c(C)o1. The first-order valence-corrected chi connectivity index (χ1v) is 6.08. The molecule has 5 heteroatoms. The lowest BCUT2D eigenvalue weighted by atomic mass is 10.1. The van der Waals surface area contributed by atoms with Crippen molar-refractivity contribution in [3.8, 4) is 0 Å². The highest BCUT2D eigenvalue weighted by Crippen LogP contribution is 2.26. The Hall–Kier alpha value is -1.78. The average molecular weight is 251 g/mol. The van der Waals surface area contributed by atoms with Crippen molar-refractivity contribution in [1.82, 2.24) is 5.32 Å². The number of aryl methyl sites for hydroxylation is 2. The minimum atomic E-state index is -0.776. The van der Waals surface area contributed by atoms with Gasteiger partial charge in [-0.3, -0.25) is 9.59 Å². The number of carbonyl (C=O) groups is 2. The number of carboxylic acids is 1. The van der Waals surface area contributed by atoms with Crippen molar-refractivity contribution in [1.29, 1.82) is 0 Å². The molecule has 1 saturated carbocycles. The van der Waals surface area contributed by atoms with Crippen LogP contribution in [0.3, 0.4) is 0 Å². The van der Waals surface area contributed by atoms with E-state index in [1.807, 2.05) is 0 Å². The molecule has 1 aliphatic carbocycles. The summed E-state index contributed by atoms with van der Waals surface area (Å²) in [6.07, 6.45) is 1.86. The predicted molar refractivity (Wildman–Crippen MR) is 64.4 cm³/mol. The van der Waals surface area contributed by atoms with Crippen LogP contribution in [0.2, 0.25) is 0 Å². The van der Waals surface area contributed by atoms with Crippen molar-refractivity contribution in [3.63, 3.8) is 0 Å². The van der Waals surface area contributed by atoms with Gasteiger partial charge >= 0.3 is 5.97 Å². The number of hydrogen-bond donors (Lipinski definition) is 2. The number of furan rings is 1. The van der Waals surface area contributed by atoms with Gasteiger partial charge in [0.1, 0.15) is 11.5 Å². The Morgan fingerprint density at radius 1 is 1.39 bits per heavy atom. The van der Waals surface area contributed by atoms with Crippen molar-refractivity contribution in [2.24, 2.45) is 5.92 Å². The summed E-state index contributed by atoms with van der Waals surface area (Å²) < 4.78 is 5.30. The number of carbonyl (C=O) groups excluding carboxylic acids is 1. The van der Waals surface area contributed by atoms with Crippen LogP contribution < -0.4 is 5.32 Å². The summed E-state index contributed by atoms with van der Waals surface area (Å²) >= 11 is 0. The zero-order valence-electron chi connectivity index (χ0n) is 10.5. The van der Waals surface area contributed by atoms with Gasteiger partial charge in [0.2, 0.25) is 0 Å². The van der Waals surface area contributed by atoms with Crippen LogP contribution in [0, 0.1) is 19.8 Å². The molecule has 0 spiro atoms. The molecule has 98 valence electrons. The van der Waals surface area contributed by atoms with Crippen LogP contribution in [0.15, 0.2) is 10.5 Å². The third-order valence-electron chi connectivity index (χ3n) is 3.40. The molecule has 0 radical (unpaired) electrons. The normalized spacial score (nSPS) is 23.0. The van der Waals surface area contributed by atoms with E-state index < -0.39 is 5.97 Å². The molecule has 1 amide bonds. The molecule has 5 nitrogen and oxygen atoms in total. The fraction of sp³-hybridized carbons (Fsp3) is 0.538. The zero-order chi connectivity index (χ0) is 13.3. The molecule has 2 rings (SSSR count). The summed E-state index contributed by atoms with van der Waals surface area (Å²) in [7, 11) is 0. The van der Waals surface area contributed by atoms with E-state index in [1.54, 1.807) is 19.9 Å². The smallest absolute Gasteiger partial charge is 0.306 e. The maximum Gasteiger partial charge on any atom is 0.306 e. The molecule has 0 saturated heterocycles. The molecule has 0 aromatic carbocycles. The summed E-state index contributed by atoms with van der Waals surface area (Å²) in [5.41, 5.74) is 0.534. The van der Waals surface area contributed by atoms with E-state index in [0.717, 1.165) is 6.42 Å². The Morgan fingerprint density at radius 2 is 2.11 bits per heavy atom. The second kappa shape index (κ2) is 4.84. The highest BCUT2D eigenvalue weighted by Gasteiger charge is 2.31. The number of rotatable bonds is 3. The van der Waals surface area contributed by atoms with Gasteiger partial charge < -0.3 is 14.8 Å². The van der Waals surface area contributed by atoms with Gasteiger partial charge in [0.25, 0.3) is 5.91 Å². The quantitative estimate of drug-likeness (QED) is 0.859. The molecule has 1 aromatic rings. The molecular formula is C13H17NO4. The van der Waals surface area contributed by atoms with Gasteiger partial charge in [-0.2, -0.15) is 0 Å². The number of carboxylic acid groups (broad SMARTS) is 1. The summed E-state index contributed by atoms with van der Waals surface area (Å²) in [4.78, 5) is 22.8. The van der Waals surface area contributed by atoms with Crippen LogP contribution in [0.25, 0.3) is 0 Å². The fourth-order valence-electron chi connectivity index (χ4n) is 2.46. The Balaban J connectivity index is 1.97. The van der Waals surface area contributed by atoms with Crippen LogP contribution in [-0.4, -0.2) is 23.0 Å². The lowest BCUT2D eigenvalue weighted by molar-refractivity contribution is -0.141. The first-order chi connectivity index (χ1) is 8.47. The number of hydrogen-bond acceptors (Lipinski definition) is 3. The summed E-state index contributed by atoms with van der Waals surface area (Å²) in [5, 5.41) is 11.8. The summed E-state index contributed by atoms with van der Waals surface area (Å²) in [6.45, 7) is 3.54. The Labute approximate surface area is 105 Å². The van der Waals surface area contributed by atoms with E-state index in [2.05, 4.69) is 5.32 Å². The molecule has 1 aliphatic rings. The van der Waals surface area contributed by atoms with Crippen molar-refractivity contribution in [2.75, 3.05) is 0 Å². The Morgan fingerprint density at radius 3 is 2.61 bits per heavy atom. The topological polar surface area (TPSA) is 79.5 Å².